The van der Waals surface area contributed by atoms with Gasteiger partial charge in [0.05, 0.1) is 0 Å². The highest BCUT2D eigenvalue weighted by molar-refractivity contribution is 6.66. The van der Waals surface area contributed by atoms with Gasteiger partial charge in [0.1, 0.15) is 0 Å². The molecule has 2 aliphatic rings. The Morgan fingerprint density at radius 1 is 0.905 bits per heavy atom. The van der Waals surface area contributed by atoms with E-state index in [1.165, 1.54) is 38.1 Å². The third-order valence-corrected chi connectivity index (χ3v) is 8.80. The highest BCUT2D eigenvalue weighted by atomic mass is 28.4. The van der Waals surface area contributed by atoms with E-state index in [0.717, 1.165) is 31.0 Å². The summed E-state index contributed by atoms with van der Waals surface area (Å²) >= 11 is 0. The molecule has 2 aliphatic carbocycles. The first-order valence-corrected chi connectivity index (χ1v) is 12.0. The monoisotopic (exact) mass is 312 g/mol. The average Bonchev–Trinajstić information content (AvgIpc) is 3.05. The van der Waals surface area contributed by atoms with Crippen LogP contribution in [0.3, 0.4) is 0 Å². The van der Waals surface area contributed by atoms with Gasteiger partial charge in [-0.3, -0.25) is 0 Å². The molecule has 0 aliphatic heterocycles. The van der Waals surface area contributed by atoms with Gasteiger partial charge in [-0.2, -0.15) is 0 Å². The second-order valence-electron chi connectivity index (χ2n) is 7.39. The Morgan fingerprint density at radius 3 is 2.19 bits per heavy atom. The maximum absolute atomic E-state index is 5.91. The molecule has 0 aromatic rings. The van der Waals surface area contributed by atoms with Crippen molar-refractivity contribution in [1.29, 1.82) is 0 Å². The van der Waals surface area contributed by atoms with Crippen LogP contribution in [0.25, 0.3) is 0 Å². The van der Waals surface area contributed by atoms with Gasteiger partial charge < -0.3 is 8.85 Å². The van der Waals surface area contributed by atoms with Gasteiger partial charge in [-0.1, -0.05) is 38.5 Å². The van der Waals surface area contributed by atoms with Crippen molar-refractivity contribution in [3.63, 3.8) is 0 Å². The minimum atomic E-state index is -1.85. The molecule has 0 radical (unpaired) electrons. The van der Waals surface area contributed by atoms with Crippen molar-refractivity contribution >= 4 is 8.56 Å². The largest absolute Gasteiger partial charge is 0.395 e. The second kappa shape index (κ2) is 8.69. The number of hydrogen-bond donors (Lipinski definition) is 0. The Labute approximate surface area is 133 Å². The second-order valence-corrected chi connectivity index (χ2v) is 10.7. The Hall–Kier alpha value is 0.137. The smallest absolute Gasteiger partial charge is 0.334 e. The maximum Gasteiger partial charge on any atom is 0.334 e. The summed E-state index contributed by atoms with van der Waals surface area (Å²) in [6, 6.07) is 1.17. The predicted octanol–water partition coefficient (Wildman–Crippen LogP) is 5.52. The van der Waals surface area contributed by atoms with E-state index in [9.17, 15) is 0 Å². The van der Waals surface area contributed by atoms with Gasteiger partial charge >= 0.3 is 8.56 Å². The zero-order chi connectivity index (χ0) is 15.1. The Balaban J connectivity index is 1.51. The number of unbranched alkanes of at least 4 members (excludes halogenated alkanes) is 3. The van der Waals surface area contributed by atoms with E-state index in [-0.39, 0.29) is 0 Å². The van der Waals surface area contributed by atoms with Crippen LogP contribution in [-0.2, 0) is 8.85 Å². The fourth-order valence-electron chi connectivity index (χ4n) is 4.73. The Bertz CT molecular complexity index is 289. The molecule has 0 amide bonds. The van der Waals surface area contributed by atoms with Crippen molar-refractivity contribution in [1.82, 2.24) is 0 Å². The van der Waals surface area contributed by atoms with Gasteiger partial charge in [-0.15, -0.1) is 0 Å². The van der Waals surface area contributed by atoms with Crippen molar-refractivity contribution < 1.29 is 8.85 Å². The van der Waals surface area contributed by atoms with Crippen LogP contribution < -0.4 is 0 Å². The molecule has 2 nitrogen and oxygen atoms in total. The standard InChI is InChI=1S/C18H36O2Si/c1-4-19-21(3,20-5-2)13-9-7-6-8-10-17-14-16-11-12-18(17)15-16/h16-18H,4-15H2,1-3H3. The summed E-state index contributed by atoms with van der Waals surface area (Å²) < 4.78 is 11.8. The summed E-state index contributed by atoms with van der Waals surface area (Å²) in [7, 11) is -1.85. The molecular formula is C18H36O2Si. The van der Waals surface area contributed by atoms with Crippen molar-refractivity contribution in [2.75, 3.05) is 13.2 Å². The van der Waals surface area contributed by atoms with E-state index >= 15 is 0 Å². The lowest BCUT2D eigenvalue weighted by molar-refractivity contribution is 0.188. The SMILES string of the molecule is CCO[Si](C)(CCCCCCC1CC2CCC1C2)OCC. The van der Waals surface area contributed by atoms with E-state index in [1.54, 1.807) is 25.7 Å². The lowest BCUT2D eigenvalue weighted by atomic mass is 9.85. The van der Waals surface area contributed by atoms with Gasteiger partial charge in [0.25, 0.3) is 0 Å². The van der Waals surface area contributed by atoms with Crippen LogP contribution >= 0.6 is 0 Å². The van der Waals surface area contributed by atoms with E-state index in [4.69, 9.17) is 8.85 Å². The van der Waals surface area contributed by atoms with Crippen molar-refractivity contribution in [2.45, 2.75) is 84.2 Å². The molecule has 2 saturated carbocycles. The van der Waals surface area contributed by atoms with E-state index in [1.807, 2.05) is 0 Å². The summed E-state index contributed by atoms with van der Waals surface area (Å²) in [6.07, 6.45) is 13.2. The third-order valence-electron chi connectivity index (χ3n) is 5.74. The molecule has 3 unspecified atom stereocenters. The van der Waals surface area contributed by atoms with Gasteiger partial charge in [-0.25, -0.2) is 0 Å². The summed E-state index contributed by atoms with van der Waals surface area (Å²) in [4.78, 5) is 0. The van der Waals surface area contributed by atoms with Gasteiger partial charge in [0.2, 0.25) is 0 Å². The molecule has 2 fully saturated rings. The number of hydrogen-bond acceptors (Lipinski definition) is 2. The first-order chi connectivity index (χ1) is 10.2. The topological polar surface area (TPSA) is 18.5 Å². The molecule has 2 bridgehead atoms. The molecule has 0 aromatic carbocycles. The zero-order valence-corrected chi connectivity index (χ0v) is 15.5. The van der Waals surface area contributed by atoms with Crippen LogP contribution in [0.15, 0.2) is 0 Å². The van der Waals surface area contributed by atoms with Gasteiger partial charge in [-0.05, 0) is 63.5 Å². The average molecular weight is 313 g/mol. The Morgan fingerprint density at radius 2 is 1.62 bits per heavy atom. The highest BCUT2D eigenvalue weighted by Crippen LogP contribution is 2.50. The van der Waals surface area contributed by atoms with E-state index in [2.05, 4.69) is 20.4 Å². The summed E-state index contributed by atoms with van der Waals surface area (Å²) in [5.41, 5.74) is 0. The fourth-order valence-corrected chi connectivity index (χ4v) is 7.22. The third kappa shape index (κ3) is 5.37. The van der Waals surface area contributed by atoms with Crippen molar-refractivity contribution in [3.8, 4) is 0 Å². The van der Waals surface area contributed by atoms with E-state index < -0.39 is 8.56 Å². The molecule has 21 heavy (non-hydrogen) atoms. The molecule has 124 valence electrons. The van der Waals surface area contributed by atoms with Crippen molar-refractivity contribution in [3.05, 3.63) is 0 Å². The number of rotatable bonds is 11. The fraction of sp³-hybridized carbons (Fsp3) is 1.00. The first kappa shape index (κ1) is 17.5. The first-order valence-electron chi connectivity index (χ1n) is 9.44. The minimum absolute atomic E-state index is 0.799. The van der Waals surface area contributed by atoms with E-state index in [0.29, 0.717) is 0 Å². The van der Waals surface area contributed by atoms with Crippen LogP contribution in [0.1, 0.15) is 71.6 Å². The summed E-state index contributed by atoms with van der Waals surface area (Å²) in [5.74, 6) is 3.32. The quantitative estimate of drug-likeness (QED) is 0.369. The van der Waals surface area contributed by atoms with Crippen LogP contribution in [-0.4, -0.2) is 21.8 Å². The molecule has 2 rings (SSSR count). The lowest BCUT2D eigenvalue weighted by Gasteiger charge is -2.26. The molecule has 0 spiro atoms. The number of fused-ring (bicyclic) bond motifs is 2. The summed E-state index contributed by atoms with van der Waals surface area (Å²) in [6.45, 7) is 7.99. The van der Waals surface area contributed by atoms with Crippen LogP contribution in [0, 0.1) is 17.8 Å². The zero-order valence-electron chi connectivity index (χ0n) is 14.5. The highest BCUT2D eigenvalue weighted by Gasteiger charge is 2.38. The molecule has 0 aromatic heterocycles. The predicted molar refractivity (Wildman–Crippen MR) is 91.7 cm³/mol. The van der Waals surface area contributed by atoms with Crippen LogP contribution in [0.2, 0.25) is 12.6 Å². The molecule has 3 atom stereocenters. The van der Waals surface area contributed by atoms with Crippen LogP contribution in [0.4, 0.5) is 0 Å². The van der Waals surface area contributed by atoms with Crippen LogP contribution in [0.5, 0.6) is 0 Å². The molecular weight excluding hydrogens is 276 g/mol. The normalized spacial score (nSPS) is 28.4. The van der Waals surface area contributed by atoms with Crippen molar-refractivity contribution in [2.24, 2.45) is 17.8 Å². The maximum atomic E-state index is 5.91. The molecule has 0 saturated heterocycles. The molecule has 0 N–H and O–H groups in total. The minimum Gasteiger partial charge on any atom is -0.395 e. The summed E-state index contributed by atoms with van der Waals surface area (Å²) in [5, 5.41) is 0. The van der Waals surface area contributed by atoms with Gasteiger partial charge in [0.15, 0.2) is 0 Å². The molecule has 3 heteroatoms. The van der Waals surface area contributed by atoms with Gasteiger partial charge in [0, 0.05) is 13.2 Å². The Kier molecular flexibility index (Phi) is 7.23. The lowest BCUT2D eigenvalue weighted by Crippen LogP contribution is -2.38. The molecule has 0 heterocycles.